The fourth-order valence-corrected chi connectivity index (χ4v) is 2.91. The summed E-state index contributed by atoms with van der Waals surface area (Å²) in [6.07, 6.45) is 1.69. The lowest BCUT2D eigenvalue weighted by Crippen LogP contribution is -2.24. The van der Waals surface area contributed by atoms with Crippen LogP contribution in [0.1, 0.15) is 11.8 Å². The fraction of sp³-hybridized carbons (Fsp3) is 0.250. The van der Waals surface area contributed by atoms with Crippen LogP contribution in [0.15, 0.2) is 33.6 Å². The SMILES string of the molecule is COc1ccc2c3cnn(Cc4nnc(C)o4)c(=O)c3n(C)c2c1. The number of hydrogen-bond donors (Lipinski definition) is 0. The van der Waals surface area contributed by atoms with Crippen molar-refractivity contribution in [1.82, 2.24) is 24.5 Å². The Balaban J connectivity index is 1.93. The molecule has 24 heavy (non-hydrogen) atoms. The molecular formula is C16H15N5O3. The van der Waals surface area contributed by atoms with Crippen molar-refractivity contribution in [2.24, 2.45) is 7.05 Å². The van der Waals surface area contributed by atoms with Gasteiger partial charge in [-0.05, 0) is 12.1 Å². The van der Waals surface area contributed by atoms with Crippen LogP contribution >= 0.6 is 0 Å². The van der Waals surface area contributed by atoms with Crippen LogP contribution in [0.5, 0.6) is 5.75 Å². The van der Waals surface area contributed by atoms with E-state index in [0.717, 1.165) is 22.0 Å². The van der Waals surface area contributed by atoms with E-state index in [4.69, 9.17) is 9.15 Å². The highest BCUT2D eigenvalue weighted by Crippen LogP contribution is 2.28. The summed E-state index contributed by atoms with van der Waals surface area (Å²) in [5.74, 6) is 1.54. The van der Waals surface area contributed by atoms with Gasteiger partial charge in [0, 0.05) is 30.8 Å². The first kappa shape index (κ1) is 14.4. The van der Waals surface area contributed by atoms with Crippen molar-refractivity contribution in [2.75, 3.05) is 7.11 Å². The van der Waals surface area contributed by atoms with E-state index in [-0.39, 0.29) is 12.1 Å². The minimum Gasteiger partial charge on any atom is -0.497 e. The van der Waals surface area contributed by atoms with E-state index in [9.17, 15) is 4.79 Å². The Morgan fingerprint density at radius 2 is 2.08 bits per heavy atom. The molecule has 122 valence electrons. The van der Waals surface area contributed by atoms with Crippen LogP contribution in [0, 0.1) is 6.92 Å². The van der Waals surface area contributed by atoms with E-state index in [1.165, 1.54) is 4.68 Å². The van der Waals surface area contributed by atoms with Crippen LogP contribution in [0.25, 0.3) is 21.8 Å². The molecule has 0 amide bonds. The molecule has 0 spiro atoms. The van der Waals surface area contributed by atoms with Crippen LogP contribution in [-0.4, -0.2) is 31.7 Å². The van der Waals surface area contributed by atoms with Crippen LogP contribution in [0.4, 0.5) is 0 Å². The second-order valence-electron chi connectivity index (χ2n) is 5.53. The normalized spacial score (nSPS) is 11.5. The number of benzene rings is 1. The second-order valence-corrected chi connectivity index (χ2v) is 5.53. The van der Waals surface area contributed by atoms with Gasteiger partial charge in [0.05, 0.1) is 18.8 Å². The molecule has 0 fully saturated rings. The van der Waals surface area contributed by atoms with Gasteiger partial charge in [0.15, 0.2) is 0 Å². The Morgan fingerprint density at radius 3 is 2.79 bits per heavy atom. The smallest absolute Gasteiger partial charge is 0.291 e. The number of rotatable bonds is 3. The van der Waals surface area contributed by atoms with Crippen molar-refractivity contribution >= 4 is 21.8 Å². The van der Waals surface area contributed by atoms with Gasteiger partial charge in [-0.1, -0.05) is 0 Å². The first-order valence-electron chi connectivity index (χ1n) is 7.39. The maximum Gasteiger partial charge on any atom is 0.291 e. The first-order valence-corrected chi connectivity index (χ1v) is 7.39. The molecule has 0 saturated carbocycles. The number of aromatic nitrogens is 5. The molecule has 0 N–H and O–H groups in total. The molecule has 8 heteroatoms. The lowest BCUT2D eigenvalue weighted by atomic mass is 10.2. The summed E-state index contributed by atoms with van der Waals surface area (Å²) in [6, 6.07) is 5.71. The summed E-state index contributed by atoms with van der Waals surface area (Å²) < 4.78 is 13.8. The number of aryl methyl sites for hydroxylation is 2. The van der Waals surface area contributed by atoms with E-state index in [2.05, 4.69) is 15.3 Å². The number of fused-ring (bicyclic) bond motifs is 3. The Morgan fingerprint density at radius 1 is 1.25 bits per heavy atom. The third kappa shape index (κ3) is 2.07. The van der Waals surface area contributed by atoms with Gasteiger partial charge in [-0.3, -0.25) is 4.79 Å². The molecule has 3 heterocycles. The van der Waals surface area contributed by atoms with Gasteiger partial charge in [-0.2, -0.15) is 5.10 Å². The lowest BCUT2D eigenvalue weighted by molar-refractivity contribution is 0.415. The summed E-state index contributed by atoms with van der Waals surface area (Å²) in [5.41, 5.74) is 1.28. The van der Waals surface area contributed by atoms with Crippen molar-refractivity contribution in [2.45, 2.75) is 13.5 Å². The molecule has 0 aliphatic heterocycles. The topological polar surface area (TPSA) is 88.0 Å². The molecule has 4 rings (SSSR count). The molecule has 1 aromatic carbocycles. The van der Waals surface area contributed by atoms with Gasteiger partial charge in [0.1, 0.15) is 17.8 Å². The number of nitrogens with zero attached hydrogens (tertiary/aromatic N) is 5. The monoisotopic (exact) mass is 325 g/mol. The molecule has 0 atom stereocenters. The zero-order valence-electron chi connectivity index (χ0n) is 13.5. The zero-order valence-corrected chi connectivity index (χ0v) is 13.5. The van der Waals surface area contributed by atoms with E-state index in [0.29, 0.717) is 17.3 Å². The first-order chi connectivity index (χ1) is 11.6. The maximum atomic E-state index is 12.8. The van der Waals surface area contributed by atoms with Crippen LogP contribution < -0.4 is 10.3 Å². The molecule has 0 radical (unpaired) electrons. The molecule has 0 unspecified atom stereocenters. The standard InChI is InChI=1S/C16H15N5O3/c1-9-18-19-14(24-9)8-21-16(22)15-12(7-17-21)11-5-4-10(23-3)6-13(11)20(15)2/h4-7H,8H2,1-3H3. The van der Waals surface area contributed by atoms with E-state index in [1.54, 1.807) is 20.2 Å². The van der Waals surface area contributed by atoms with Crippen LogP contribution in [0.2, 0.25) is 0 Å². The lowest BCUT2D eigenvalue weighted by Gasteiger charge is -2.02. The molecule has 0 aliphatic carbocycles. The quantitative estimate of drug-likeness (QED) is 0.569. The summed E-state index contributed by atoms with van der Waals surface area (Å²) in [4.78, 5) is 12.8. The van der Waals surface area contributed by atoms with Gasteiger partial charge in [-0.15, -0.1) is 10.2 Å². The second kappa shape index (κ2) is 5.19. The predicted octanol–water partition coefficient (Wildman–Crippen LogP) is 1.64. The van der Waals surface area contributed by atoms with E-state index >= 15 is 0 Å². The van der Waals surface area contributed by atoms with Crippen molar-refractivity contribution in [3.8, 4) is 5.75 Å². The molecule has 8 nitrogen and oxygen atoms in total. The Kier molecular flexibility index (Phi) is 3.12. The molecule has 0 aliphatic rings. The van der Waals surface area contributed by atoms with Crippen molar-refractivity contribution in [3.05, 3.63) is 46.5 Å². The van der Waals surface area contributed by atoms with Gasteiger partial charge in [0.25, 0.3) is 5.56 Å². The molecule has 0 bridgehead atoms. The van der Waals surface area contributed by atoms with Crippen molar-refractivity contribution in [3.63, 3.8) is 0 Å². The number of ether oxygens (including phenoxy) is 1. The fourth-order valence-electron chi connectivity index (χ4n) is 2.91. The largest absolute Gasteiger partial charge is 0.497 e. The summed E-state index contributed by atoms with van der Waals surface area (Å²) in [6.45, 7) is 1.84. The third-order valence-electron chi connectivity index (χ3n) is 4.06. The van der Waals surface area contributed by atoms with Crippen LogP contribution in [-0.2, 0) is 13.6 Å². The van der Waals surface area contributed by atoms with E-state index in [1.807, 2.05) is 29.8 Å². The van der Waals surface area contributed by atoms with Crippen LogP contribution in [0.3, 0.4) is 0 Å². The van der Waals surface area contributed by atoms with Gasteiger partial charge in [-0.25, -0.2) is 4.68 Å². The zero-order chi connectivity index (χ0) is 16.8. The maximum absolute atomic E-state index is 12.8. The van der Waals surface area contributed by atoms with Gasteiger partial charge >= 0.3 is 0 Å². The van der Waals surface area contributed by atoms with Crippen molar-refractivity contribution < 1.29 is 9.15 Å². The summed E-state index contributed by atoms with van der Waals surface area (Å²) >= 11 is 0. The minimum absolute atomic E-state index is 0.139. The Hall–Kier alpha value is -3.16. The van der Waals surface area contributed by atoms with E-state index < -0.39 is 0 Å². The summed E-state index contributed by atoms with van der Waals surface area (Å²) in [7, 11) is 3.47. The average molecular weight is 325 g/mol. The van der Waals surface area contributed by atoms with Crippen molar-refractivity contribution in [1.29, 1.82) is 0 Å². The highest BCUT2D eigenvalue weighted by molar-refractivity contribution is 6.07. The predicted molar refractivity (Wildman–Crippen MR) is 87.2 cm³/mol. The molecule has 3 aromatic heterocycles. The Bertz CT molecular complexity index is 1120. The minimum atomic E-state index is -0.207. The molecule has 4 aromatic rings. The van der Waals surface area contributed by atoms with Gasteiger partial charge in [0.2, 0.25) is 11.8 Å². The van der Waals surface area contributed by atoms with Gasteiger partial charge < -0.3 is 13.7 Å². The molecule has 0 saturated heterocycles. The summed E-state index contributed by atoms with van der Waals surface area (Å²) in [5, 5.41) is 13.7. The Labute approximate surface area is 136 Å². The number of hydrogen-bond acceptors (Lipinski definition) is 6. The molecular weight excluding hydrogens is 310 g/mol. The third-order valence-corrected chi connectivity index (χ3v) is 4.06. The highest BCUT2D eigenvalue weighted by atomic mass is 16.5. The average Bonchev–Trinajstić information content (AvgIpc) is 3.12. The number of methoxy groups -OCH3 is 1. The highest BCUT2D eigenvalue weighted by Gasteiger charge is 2.15.